The van der Waals surface area contributed by atoms with Gasteiger partial charge in [-0.25, -0.2) is 0 Å². The molecule has 0 aliphatic rings. The van der Waals surface area contributed by atoms with E-state index in [2.05, 4.69) is 0 Å². The van der Waals surface area contributed by atoms with E-state index in [0.29, 0.717) is 11.1 Å². The van der Waals surface area contributed by atoms with Gasteiger partial charge in [-0.15, -0.1) is 0 Å². The van der Waals surface area contributed by atoms with Gasteiger partial charge in [-0.2, -0.15) is 8.42 Å². The van der Waals surface area contributed by atoms with Crippen molar-refractivity contribution in [2.24, 2.45) is 0 Å². The maximum atomic E-state index is 11.5. The molecule has 1 atom stereocenters. The fourth-order valence-corrected chi connectivity index (χ4v) is 3.10. The summed E-state index contributed by atoms with van der Waals surface area (Å²) in [5.41, 5.74) is 1.18. The lowest BCUT2D eigenvalue weighted by Gasteiger charge is -2.22. The van der Waals surface area contributed by atoms with E-state index in [4.69, 9.17) is 9.47 Å². The molecule has 0 radical (unpaired) electrons. The molecule has 0 saturated carbocycles. The van der Waals surface area contributed by atoms with Gasteiger partial charge in [0.25, 0.3) is 0 Å². The van der Waals surface area contributed by atoms with Gasteiger partial charge in [-0.3, -0.25) is 4.55 Å². The lowest BCUT2D eigenvalue weighted by Crippen LogP contribution is -2.09. The van der Waals surface area contributed by atoms with Crippen molar-refractivity contribution in [3.8, 4) is 17.2 Å². The van der Waals surface area contributed by atoms with Crippen LogP contribution in [0.25, 0.3) is 0 Å². The molecule has 114 valence electrons. The summed E-state index contributed by atoms with van der Waals surface area (Å²) in [5.74, 6) is -0.626. The molecule has 0 fully saturated rings. The molecule has 0 aromatic heterocycles. The zero-order valence-electron chi connectivity index (χ0n) is 12.2. The van der Waals surface area contributed by atoms with Crippen LogP contribution in [-0.2, 0) is 10.1 Å². The van der Waals surface area contributed by atoms with E-state index in [1.54, 1.807) is 6.92 Å². The number of phenols is 1. The Morgan fingerprint density at radius 1 is 1.20 bits per heavy atom. The van der Waals surface area contributed by atoms with Crippen LogP contribution in [0.2, 0.25) is 0 Å². The van der Waals surface area contributed by atoms with E-state index in [1.807, 2.05) is 13.8 Å². The van der Waals surface area contributed by atoms with Gasteiger partial charge in [-0.05, 0) is 24.8 Å². The van der Waals surface area contributed by atoms with Gasteiger partial charge >= 0.3 is 10.1 Å². The lowest BCUT2D eigenvalue weighted by atomic mass is 9.92. The van der Waals surface area contributed by atoms with Crippen molar-refractivity contribution in [3.05, 3.63) is 11.1 Å². The minimum Gasteiger partial charge on any atom is -0.503 e. The zero-order chi connectivity index (χ0) is 15.7. The van der Waals surface area contributed by atoms with Crippen LogP contribution in [0.4, 0.5) is 0 Å². The quantitative estimate of drug-likeness (QED) is 0.812. The van der Waals surface area contributed by atoms with Crippen LogP contribution in [-0.4, -0.2) is 32.3 Å². The summed E-state index contributed by atoms with van der Waals surface area (Å²) < 4.78 is 42.4. The number of ether oxygens (including phenoxy) is 2. The molecule has 2 N–H and O–H groups in total. The second kappa shape index (κ2) is 5.88. The summed E-state index contributed by atoms with van der Waals surface area (Å²) in [6.07, 6.45) is 0.769. The highest BCUT2D eigenvalue weighted by Crippen LogP contribution is 2.48. The number of benzene rings is 1. The summed E-state index contributed by atoms with van der Waals surface area (Å²) in [4.78, 5) is -0.665. The predicted molar refractivity (Wildman–Crippen MR) is 74.5 cm³/mol. The molecule has 1 aromatic rings. The Kier molecular flexibility index (Phi) is 4.88. The van der Waals surface area contributed by atoms with Crippen LogP contribution in [0.5, 0.6) is 17.2 Å². The minimum absolute atomic E-state index is 0.0280. The van der Waals surface area contributed by atoms with Gasteiger partial charge in [0.15, 0.2) is 16.4 Å². The third-order valence-electron chi connectivity index (χ3n) is 3.40. The number of phenolic OH excluding ortho intramolecular Hbond substituents is 1. The Balaban J connectivity index is 3.91. The Bertz CT molecular complexity index is 606. The van der Waals surface area contributed by atoms with Crippen LogP contribution in [0.1, 0.15) is 37.3 Å². The van der Waals surface area contributed by atoms with Crippen molar-refractivity contribution < 1.29 is 27.6 Å². The van der Waals surface area contributed by atoms with Crippen molar-refractivity contribution in [1.82, 2.24) is 0 Å². The Morgan fingerprint density at radius 3 is 2.05 bits per heavy atom. The topological polar surface area (TPSA) is 93.1 Å². The summed E-state index contributed by atoms with van der Waals surface area (Å²) in [6, 6.07) is 0. The maximum Gasteiger partial charge on any atom is 0.302 e. The molecule has 7 heteroatoms. The third kappa shape index (κ3) is 2.69. The first kappa shape index (κ1) is 16.6. The van der Waals surface area contributed by atoms with E-state index < -0.39 is 20.8 Å². The van der Waals surface area contributed by atoms with Crippen LogP contribution in [0, 0.1) is 6.92 Å². The molecular weight excluding hydrogens is 284 g/mol. The molecule has 0 amide bonds. The number of aromatic hydroxyl groups is 1. The second-order valence-corrected chi connectivity index (χ2v) is 5.93. The number of hydrogen-bond acceptors (Lipinski definition) is 5. The normalized spacial score (nSPS) is 13.1. The number of hydrogen-bond donors (Lipinski definition) is 2. The van der Waals surface area contributed by atoms with Gasteiger partial charge in [-0.1, -0.05) is 13.8 Å². The highest BCUT2D eigenvalue weighted by Gasteiger charge is 2.31. The van der Waals surface area contributed by atoms with Crippen molar-refractivity contribution in [2.45, 2.75) is 38.0 Å². The maximum absolute atomic E-state index is 11.5. The van der Waals surface area contributed by atoms with E-state index in [0.717, 1.165) is 6.42 Å². The molecule has 20 heavy (non-hydrogen) atoms. The smallest absolute Gasteiger partial charge is 0.302 e. The molecule has 1 unspecified atom stereocenters. The fourth-order valence-electron chi connectivity index (χ4n) is 2.29. The molecule has 0 heterocycles. The summed E-state index contributed by atoms with van der Waals surface area (Å²) >= 11 is 0. The third-order valence-corrected chi connectivity index (χ3v) is 4.29. The van der Waals surface area contributed by atoms with Crippen molar-refractivity contribution in [3.63, 3.8) is 0 Å². The summed E-state index contributed by atoms with van der Waals surface area (Å²) in [5, 5.41) is 10.1. The Labute approximate surface area is 119 Å². The molecule has 1 aromatic carbocycles. The first-order chi connectivity index (χ1) is 9.20. The molecule has 0 spiro atoms. The number of rotatable bonds is 5. The van der Waals surface area contributed by atoms with Gasteiger partial charge in [0, 0.05) is 5.56 Å². The van der Waals surface area contributed by atoms with Crippen molar-refractivity contribution in [2.75, 3.05) is 14.2 Å². The largest absolute Gasteiger partial charge is 0.503 e. The molecule has 0 aliphatic carbocycles. The van der Waals surface area contributed by atoms with Crippen molar-refractivity contribution in [1.29, 1.82) is 0 Å². The standard InChI is InChI=1S/C13H20O6S/c1-6-7(2)9-8(3)11(18-4)13(20(15,16)17)10(14)12(9)19-5/h7,14H,6H2,1-5H3,(H,15,16,17). The fraction of sp³-hybridized carbons (Fsp3) is 0.538. The van der Waals surface area contributed by atoms with E-state index >= 15 is 0 Å². The van der Waals surface area contributed by atoms with Crippen LogP contribution < -0.4 is 9.47 Å². The lowest BCUT2D eigenvalue weighted by molar-refractivity contribution is 0.340. The monoisotopic (exact) mass is 304 g/mol. The Hall–Kier alpha value is -1.47. The molecule has 1 rings (SSSR count). The van der Waals surface area contributed by atoms with Gasteiger partial charge in [0.05, 0.1) is 14.2 Å². The molecule has 0 aliphatic heterocycles. The van der Waals surface area contributed by atoms with Gasteiger partial charge in [0.2, 0.25) is 0 Å². The highest BCUT2D eigenvalue weighted by atomic mass is 32.2. The van der Waals surface area contributed by atoms with Crippen LogP contribution in [0.3, 0.4) is 0 Å². The van der Waals surface area contributed by atoms with Gasteiger partial charge < -0.3 is 14.6 Å². The molecule has 0 saturated heterocycles. The minimum atomic E-state index is -4.64. The SMILES string of the molecule is CCC(C)c1c(C)c(OC)c(S(=O)(=O)O)c(O)c1OC. The van der Waals surface area contributed by atoms with E-state index in [1.165, 1.54) is 14.2 Å². The Morgan fingerprint density at radius 2 is 1.70 bits per heavy atom. The van der Waals surface area contributed by atoms with Crippen LogP contribution in [0.15, 0.2) is 4.90 Å². The first-order valence-corrected chi connectivity index (χ1v) is 7.59. The van der Waals surface area contributed by atoms with E-state index in [-0.39, 0.29) is 17.4 Å². The second-order valence-electron chi connectivity index (χ2n) is 4.57. The summed E-state index contributed by atoms with van der Waals surface area (Å²) in [6.45, 7) is 5.55. The molecule has 0 bridgehead atoms. The average Bonchev–Trinajstić information content (AvgIpc) is 2.37. The zero-order valence-corrected chi connectivity index (χ0v) is 13.0. The average molecular weight is 304 g/mol. The highest BCUT2D eigenvalue weighted by molar-refractivity contribution is 7.86. The van der Waals surface area contributed by atoms with Gasteiger partial charge in [0.1, 0.15) is 5.75 Å². The van der Waals surface area contributed by atoms with Crippen molar-refractivity contribution >= 4 is 10.1 Å². The first-order valence-electron chi connectivity index (χ1n) is 6.15. The molecular formula is C13H20O6S. The molecule has 6 nitrogen and oxygen atoms in total. The van der Waals surface area contributed by atoms with E-state index in [9.17, 15) is 18.1 Å². The number of methoxy groups -OCH3 is 2. The van der Waals surface area contributed by atoms with Crippen LogP contribution >= 0.6 is 0 Å². The summed E-state index contributed by atoms with van der Waals surface area (Å²) in [7, 11) is -2.02. The predicted octanol–water partition coefficient (Wildman–Crippen LogP) is 2.48.